The highest BCUT2D eigenvalue weighted by Crippen LogP contribution is 2.46. The highest BCUT2D eigenvalue weighted by atomic mass is 32.1. The van der Waals surface area contributed by atoms with Gasteiger partial charge < -0.3 is 40.5 Å². The van der Waals surface area contributed by atoms with Crippen LogP contribution < -0.4 is 21.1 Å². The molecule has 1 unspecified atom stereocenters. The molecule has 1 aliphatic heterocycles. The van der Waals surface area contributed by atoms with Crippen LogP contribution in [0.25, 0.3) is 0 Å². The topological polar surface area (TPSA) is 160 Å². The number of benzene rings is 1. The molecular formula is C31H43N7O5S. The fraction of sp³-hybridized carbons (Fsp3) is 0.548. The Morgan fingerprint density at radius 3 is 2.52 bits per heavy atom. The van der Waals surface area contributed by atoms with Crippen LogP contribution in [0.5, 0.6) is 5.75 Å². The van der Waals surface area contributed by atoms with Crippen LogP contribution in [0.1, 0.15) is 62.1 Å². The molecule has 2 heterocycles. The molecule has 1 fully saturated rings. The number of nitrogen functional groups attached to an aromatic ring is 1. The highest BCUT2D eigenvalue weighted by molar-refractivity contribution is 7.16. The summed E-state index contributed by atoms with van der Waals surface area (Å²) in [7, 11) is 3.93. The molecule has 2 aromatic rings. The van der Waals surface area contributed by atoms with Crippen LogP contribution in [0, 0.1) is 11.3 Å². The van der Waals surface area contributed by atoms with E-state index in [0.29, 0.717) is 73.2 Å². The minimum absolute atomic E-state index is 0.00928. The molecule has 0 spiro atoms. The minimum Gasteiger partial charge on any atom is -0.492 e. The maximum Gasteiger partial charge on any atom is 0.410 e. The van der Waals surface area contributed by atoms with Crippen molar-refractivity contribution in [3.05, 3.63) is 39.8 Å². The predicted molar refractivity (Wildman–Crippen MR) is 171 cm³/mol. The molecule has 1 saturated heterocycles. The third kappa shape index (κ3) is 7.54. The first kappa shape index (κ1) is 32.9. The van der Waals surface area contributed by atoms with Gasteiger partial charge in [0.2, 0.25) is 0 Å². The van der Waals surface area contributed by atoms with Crippen molar-refractivity contribution < 1.29 is 23.9 Å². The number of carbonyl (C=O) groups excluding carboxylic acids is 2. The molecule has 4 N–H and O–H groups in total. The Morgan fingerprint density at radius 2 is 1.89 bits per heavy atom. The van der Waals surface area contributed by atoms with Crippen molar-refractivity contribution in [1.29, 1.82) is 5.26 Å². The average Bonchev–Trinajstić information content (AvgIpc) is 3.30. The van der Waals surface area contributed by atoms with E-state index in [1.807, 2.05) is 51.9 Å². The first-order valence-electron chi connectivity index (χ1n) is 14.7. The summed E-state index contributed by atoms with van der Waals surface area (Å²) in [4.78, 5) is 38.2. The number of likely N-dealkylation sites (N-methyl/N-ethyl adjacent to an activating group) is 1. The number of nitrogens with two attached hydrogens (primary N) is 2. The second-order valence-corrected chi connectivity index (χ2v) is 13.8. The summed E-state index contributed by atoms with van der Waals surface area (Å²) in [5.74, 6) is 0.0114. The third-order valence-corrected chi connectivity index (χ3v) is 8.80. The average molecular weight is 626 g/mol. The van der Waals surface area contributed by atoms with Crippen LogP contribution >= 0.6 is 11.3 Å². The number of rotatable bonds is 8. The van der Waals surface area contributed by atoms with E-state index in [1.165, 1.54) is 11.3 Å². The van der Waals surface area contributed by atoms with E-state index in [4.69, 9.17) is 25.8 Å². The van der Waals surface area contributed by atoms with E-state index in [1.54, 1.807) is 17.9 Å². The van der Waals surface area contributed by atoms with E-state index >= 15 is 0 Å². The lowest BCUT2D eigenvalue weighted by Crippen LogP contribution is -2.50. The van der Waals surface area contributed by atoms with Gasteiger partial charge in [-0.3, -0.25) is 0 Å². The van der Waals surface area contributed by atoms with Crippen molar-refractivity contribution in [3.8, 4) is 11.8 Å². The normalized spacial score (nSPS) is 18.9. The number of aryl methyl sites for hydroxylation is 1. The molecule has 238 valence electrons. The standard InChI is InChI=1S/C31H43N7O5S/c1-30(2,3)42-29(40)38-12-10-37(11-13-38)21-16-20(17-22(18-21)41-15-14-36(5)6)26(33)35-43-28(39)31(4)9-7-8-24-25(31)23(19-32)27(34)44-24/h16-18H,7-15,34H2,1-6H3,(H2,33,35). The summed E-state index contributed by atoms with van der Waals surface area (Å²) in [5.41, 5.74) is 13.2. The number of amides is 1. The molecular weight excluding hydrogens is 582 g/mol. The molecule has 0 bridgehead atoms. The molecule has 4 rings (SSSR count). The number of ether oxygens (including phenoxy) is 2. The van der Waals surface area contributed by atoms with E-state index in [9.17, 15) is 14.9 Å². The van der Waals surface area contributed by atoms with Gasteiger partial charge in [0.15, 0.2) is 5.84 Å². The lowest BCUT2D eigenvalue weighted by molar-refractivity contribution is -0.150. The largest absolute Gasteiger partial charge is 0.492 e. The second kappa shape index (κ2) is 13.3. The number of nitrogens with zero attached hydrogens (tertiary/aromatic N) is 5. The molecule has 1 aromatic heterocycles. The molecule has 13 heteroatoms. The summed E-state index contributed by atoms with van der Waals surface area (Å²) in [6.45, 7) is 10.6. The smallest absolute Gasteiger partial charge is 0.410 e. The number of anilines is 2. The van der Waals surface area contributed by atoms with Gasteiger partial charge in [-0.25, -0.2) is 9.59 Å². The Labute approximate surface area is 263 Å². The van der Waals surface area contributed by atoms with Crippen LogP contribution in [0.4, 0.5) is 15.5 Å². The second-order valence-electron chi connectivity index (χ2n) is 12.6. The maximum absolute atomic E-state index is 13.4. The van der Waals surface area contributed by atoms with E-state index in [0.717, 1.165) is 23.4 Å². The Kier molecular flexibility index (Phi) is 9.95. The van der Waals surface area contributed by atoms with E-state index < -0.39 is 17.0 Å². The van der Waals surface area contributed by atoms with Crippen molar-refractivity contribution in [2.75, 3.05) is 64.1 Å². The molecule has 1 atom stereocenters. The minimum atomic E-state index is -1.06. The van der Waals surface area contributed by atoms with Gasteiger partial charge in [0, 0.05) is 60.5 Å². The quantitative estimate of drug-likeness (QED) is 0.192. The number of thiophene rings is 1. The van der Waals surface area contributed by atoms with Gasteiger partial charge in [0.25, 0.3) is 0 Å². The molecule has 1 aliphatic carbocycles. The van der Waals surface area contributed by atoms with Crippen LogP contribution in [-0.4, -0.2) is 86.7 Å². The van der Waals surface area contributed by atoms with Crippen LogP contribution in [-0.2, 0) is 26.2 Å². The summed E-state index contributed by atoms with van der Waals surface area (Å²) < 4.78 is 11.6. The van der Waals surface area contributed by atoms with Crippen molar-refractivity contribution >= 4 is 39.9 Å². The van der Waals surface area contributed by atoms with Gasteiger partial charge in [-0.15, -0.1) is 11.3 Å². The molecule has 12 nitrogen and oxygen atoms in total. The van der Waals surface area contributed by atoms with E-state index in [-0.39, 0.29) is 11.9 Å². The van der Waals surface area contributed by atoms with Gasteiger partial charge in [0.1, 0.15) is 29.0 Å². The molecule has 0 radical (unpaired) electrons. The van der Waals surface area contributed by atoms with Gasteiger partial charge in [-0.1, -0.05) is 5.16 Å². The first-order valence-corrected chi connectivity index (χ1v) is 15.6. The lowest BCUT2D eigenvalue weighted by atomic mass is 9.72. The number of oxime groups is 1. The predicted octanol–water partition coefficient (Wildman–Crippen LogP) is 3.66. The van der Waals surface area contributed by atoms with Crippen LogP contribution in [0.3, 0.4) is 0 Å². The summed E-state index contributed by atoms with van der Waals surface area (Å²) in [5, 5.41) is 14.2. The Bertz CT molecular complexity index is 1450. The zero-order valence-corrected chi connectivity index (χ0v) is 27.3. The number of fused-ring (bicyclic) bond motifs is 1. The van der Waals surface area contributed by atoms with Crippen LogP contribution in [0.15, 0.2) is 23.4 Å². The third-order valence-electron chi connectivity index (χ3n) is 7.72. The number of carbonyl (C=O) groups is 2. The van der Waals surface area contributed by atoms with Gasteiger partial charge in [-0.2, -0.15) is 5.26 Å². The van der Waals surface area contributed by atoms with Gasteiger partial charge >= 0.3 is 12.1 Å². The van der Waals surface area contributed by atoms with Crippen molar-refractivity contribution in [2.24, 2.45) is 10.9 Å². The number of nitriles is 1. The van der Waals surface area contributed by atoms with Crippen molar-refractivity contribution in [1.82, 2.24) is 9.80 Å². The number of piperazine rings is 1. The number of hydrogen-bond acceptors (Lipinski definition) is 11. The molecule has 1 amide bonds. The highest BCUT2D eigenvalue weighted by Gasteiger charge is 2.44. The van der Waals surface area contributed by atoms with Crippen molar-refractivity contribution in [3.63, 3.8) is 0 Å². The molecule has 2 aliphatic rings. The zero-order chi connectivity index (χ0) is 32.2. The van der Waals surface area contributed by atoms with Gasteiger partial charge in [0.05, 0.1) is 11.0 Å². The number of amidine groups is 1. The Balaban J connectivity index is 1.54. The monoisotopic (exact) mass is 625 g/mol. The van der Waals surface area contributed by atoms with Gasteiger partial charge in [-0.05, 0) is 73.2 Å². The van der Waals surface area contributed by atoms with E-state index in [2.05, 4.69) is 16.1 Å². The lowest BCUT2D eigenvalue weighted by Gasteiger charge is -2.37. The molecule has 0 saturated carbocycles. The van der Waals surface area contributed by atoms with Crippen molar-refractivity contribution in [2.45, 2.75) is 58.0 Å². The summed E-state index contributed by atoms with van der Waals surface area (Å²) in [6, 6.07) is 7.71. The van der Waals surface area contributed by atoms with Crippen LogP contribution in [0.2, 0.25) is 0 Å². The first-order chi connectivity index (χ1) is 20.7. The fourth-order valence-electron chi connectivity index (χ4n) is 5.36. The summed E-state index contributed by atoms with van der Waals surface area (Å²) >= 11 is 1.35. The zero-order valence-electron chi connectivity index (χ0n) is 26.4. The Hall–Kier alpha value is -4.02. The maximum atomic E-state index is 13.4. The molecule has 1 aromatic carbocycles. The molecule has 44 heavy (non-hydrogen) atoms. The SMILES string of the molecule is CN(C)CCOc1cc(/C(N)=N/OC(=O)C2(C)CCCc3sc(N)c(C#N)c32)cc(N2CCN(C(=O)OC(C)(C)C)CC2)c1. The summed E-state index contributed by atoms with van der Waals surface area (Å²) in [6.07, 6.45) is 1.70. The number of hydrogen-bond donors (Lipinski definition) is 2. The Morgan fingerprint density at radius 1 is 1.18 bits per heavy atom. The fourth-order valence-corrected chi connectivity index (χ4v) is 6.55.